The Labute approximate surface area is 170 Å². The predicted molar refractivity (Wildman–Crippen MR) is 116 cm³/mol. The number of para-hydroxylation sites is 1. The van der Waals surface area contributed by atoms with Gasteiger partial charge in [0.2, 0.25) is 0 Å². The standard InChI is InChI=1S/C24H25N3O2/c28-24(16-29-20-6-2-1-3-7-20)26-18-8-9-23-21(14-18)22(15-25-23)17-10-12-27-11-4-5-19(27)13-17/h1-3,6-10,14-15,19,25H,4-5,11-13,16H2,(H,26,28). The number of fused-ring (bicyclic) bond motifs is 2. The van der Waals surface area contributed by atoms with E-state index in [4.69, 9.17) is 4.74 Å². The minimum absolute atomic E-state index is 0.00921. The van der Waals surface area contributed by atoms with Crippen molar-refractivity contribution in [1.29, 1.82) is 0 Å². The van der Waals surface area contributed by atoms with E-state index >= 15 is 0 Å². The van der Waals surface area contributed by atoms with Crippen LogP contribution in [-0.2, 0) is 4.79 Å². The molecule has 2 aliphatic rings. The van der Waals surface area contributed by atoms with Gasteiger partial charge in [0, 0.05) is 40.9 Å². The Kier molecular flexibility index (Phi) is 4.82. The molecule has 2 aromatic carbocycles. The second-order valence-electron chi connectivity index (χ2n) is 7.84. The van der Waals surface area contributed by atoms with Crippen LogP contribution in [0.4, 0.5) is 5.69 Å². The number of ether oxygens (including phenoxy) is 1. The second kappa shape index (κ2) is 7.76. The van der Waals surface area contributed by atoms with Crippen LogP contribution in [0.25, 0.3) is 16.5 Å². The van der Waals surface area contributed by atoms with Crippen molar-refractivity contribution >= 4 is 28.1 Å². The minimum Gasteiger partial charge on any atom is -0.484 e. The first-order valence-electron chi connectivity index (χ1n) is 10.3. The Morgan fingerprint density at radius 3 is 3.00 bits per heavy atom. The number of rotatable bonds is 5. The lowest BCUT2D eigenvalue weighted by atomic mass is 9.94. The van der Waals surface area contributed by atoms with Crippen LogP contribution in [0, 0.1) is 0 Å². The van der Waals surface area contributed by atoms with Crippen molar-refractivity contribution in [3.8, 4) is 5.75 Å². The molecule has 5 nitrogen and oxygen atoms in total. The van der Waals surface area contributed by atoms with E-state index in [0.717, 1.165) is 29.6 Å². The van der Waals surface area contributed by atoms with Crippen LogP contribution in [0.3, 0.4) is 0 Å². The summed E-state index contributed by atoms with van der Waals surface area (Å²) in [5.74, 6) is 0.528. The highest BCUT2D eigenvalue weighted by atomic mass is 16.5. The van der Waals surface area contributed by atoms with E-state index in [2.05, 4.69) is 33.5 Å². The molecule has 29 heavy (non-hydrogen) atoms. The van der Waals surface area contributed by atoms with Gasteiger partial charge in [-0.25, -0.2) is 0 Å². The number of nitrogens with one attached hydrogen (secondary N) is 2. The van der Waals surface area contributed by atoms with E-state index in [1.54, 1.807) is 0 Å². The average Bonchev–Trinajstić information content (AvgIpc) is 3.39. The highest BCUT2D eigenvalue weighted by molar-refractivity contribution is 5.98. The van der Waals surface area contributed by atoms with Crippen LogP contribution in [0.15, 0.2) is 60.8 Å². The summed E-state index contributed by atoms with van der Waals surface area (Å²) < 4.78 is 5.54. The number of H-pyrrole nitrogens is 1. The maximum absolute atomic E-state index is 12.3. The number of nitrogens with zero attached hydrogens (tertiary/aromatic N) is 1. The lowest BCUT2D eigenvalue weighted by Gasteiger charge is -2.29. The van der Waals surface area contributed by atoms with Gasteiger partial charge >= 0.3 is 0 Å². The molecule has 0 saturated carbocycles. The summed E-state index contributed by atoms with van der Waals surface area (Å²) in [5.41, 5.74) is 4.55. The van der Waals surface area contributed by atoms with Crippen molar-refractivity contribution in [2.24, 2.45) is 0 Å². The number of carbonyl (C=O) groups is 1. The number of carbonyl (C=O) groups excluding carboxylic acids is 1. The largest absolute Gasteiger partial charge is 0.484 e. The van der Waals surface area contributed by atoms with Crippen LogP contribution in [0.2, 0.25) is 0 Å². The summed E-state index contributed by atoms with van der Waals surface area (Å²) in [7, 11) is 0. The maximum Gasteiger partial charge on any atom is 0.262 e. The Balaban J connectivity index is 1.31. The minimum atomic E-state index is -0.163. The van der Waals surface area contributed by atoms with Gasteiger partial charge in [-0.15, -0.1) is 0 Å². The van der Waals surface area contributed by atoms with E-state index in [9.17, 15) is 4.79 Å². The molecule has 3 heterocycles. The highest BCUT2D eigenvalue weighted by Crippen LogP contribution is 2.35. The monoisotopic (exact) mass is 387 g/mol. The fraction of sp³-hybridized carbons (Fsp3) is 0.292. The third-order valence-corrected chi connectivity index (χ3v) is 5.95. The Morgan fingerprint density at radius 1 is 1.21 bits per heavy atom. The number of aromatic amines is 1. The van der Waals surface area contributed by atoms with E-state index in [1.807, 2.05) is 42.5 Å². The molecule has 0 bridgehead atoms. The molecule has 5 rings (SSSR count). The number of hydrogen-bond acceptors (Lipinski definition) is 3. The lowest BCUT2D eigenvalue weighted by molar-refractivity contribution is -0.118. The molecule has 1 aromatic heterocycles. The SMILES string of the molecule is O=C(COc1ccccc1)Nc1ccc2[nH]cc(C3=CCN4CCCC4C3)c2c1. The average molecular weight is 387 g/mol. The fourth-order valence-electron chi connectivity index (χ4n) is 4.48. The molecular weight excluding hydrogens is 362 g/mol. The third-order valence-electron chi connectivity index (χ3n) is 5.95. The van der Waals surface area contributed by atoms with Crippen LogP contribution in [0.5, 0.6) is 5.75 Å². The van der Waals surface area contributed by atoms with Gasteiger partial charge in [0.15, 0.2) is 6.61 Å². The molecule has 3 aromatic rings. The Bertz CT molecular complexity index is 1050. The molecule has 1 saturated heterocycles. The number of anilines is 1. The highest BCUT2D eigenvalue weighted by Gasteiger charge is 2.28. The summed E-state index contributed by atoms with van der Waals surface area (Å²) in [5, 5.41) is 4.11. The zero-order valence-electron chi connectivity index (χ0n) is 16.4. The topological polar surface area (TPSA) is 57.4 Å². The molecule has 2 aliphatic heterocycles. The van der Waals surface area contributed by atoms with E-state index in [1.165, 1.54) is 30.5 Å². The maximum atomic E-state index is 12.3. The quantitative estimate of drug-likeness (QED) is 0.681. The van der Waals surface area contributed by atoms with Crippen molar-refractivity contribution in [1.82, 2.24) is 9.88 Å². The Hall–Kier alpha value is -3.05. The molecule has 5 heteroatoms. The predicted octanol–water partition coefficient (Wildman–Crippen LogP) is 4.44. The van der Waals surface area contributed by atoms with Crippen molar-refractivity contribution in [3.05, 3.63) is 66.4 Å². The number of aromatic nitrogens is 1. The van der Waals surface area contributed by atoms with Gasteiger partial charge in [0.05, 0.1) is 0 Å². The molecule has 0 radical (unpaired) electrons. The smallest absolute Gasteiger partial charge is 0.262 e. The van der Waals surface area contributed by atoms with Crippen molar-refractivity contribution < 1.29 is 9.53 Å². The van der Waals surface area contributed by atoms with E-state index in [-0.39, 0.29) is 12.5 Å². The van der Waals surface area contributed by atoms with Gasteiger partial charge in [-0.2, -0.15) is 0 Å². The summed E-state index contributed by atoms with van der Waals surface area (Å²) in [6, 6.07) is 16.1. The van der Waals surface area contributed by atoms with Gasteiger partial charge in [-0.05, 0) is 61.7 Å². The molecule has 1 fully saturated rings. The Morgan fingerprint density at radius 2 is 2.10 bits per heavy atom. The van der Waals surface area contributed by atoms with Gasteiger partial charge in [0.1, 0.15) is 5.75 Å². The summed E-state index contributed by atoms with van der Waals surface area (Å²) in [6.45, 7) is 2.26. The first kappa shape index (κ1) is 18.0. The van der Waals surface area contributed by atoms with Gasteiger partial charge in [-0.1, -0.05) is 24.3 Å². The number of amides is 1. The molecule has 0 aliphatic carbocycles. The van der Waals surface area contributed by atoms with Gasteiger partial charge < -0.3 is 15.0 Å². The normalized spacial score (nSPS) is 19.0. The van der Waals surface area contributed by atoms with Crippen molar-refractivity contribution in [3.63, 3.8) is 0 Å². The van der Waals surface area contributed by atoms with Crippen LogP contribution >= 0.6 is 0 Å². The lowest BCUT2D eigenvalue weighted by Crippen LogP contribution is -2.32. The zero-order chi connectivity index (χ0) is 19.6. The molecular formula is C24H25N3O2. The fourth-order valence-corrected chi connectivity index (χ4v) is 4.48. The summed E-state index contributed by atoms with van der Waals surface area (Å²) >= 11 is 0. The molecule has 148 valence electrons. The molecule has 1 atom stereocenters. The molecule has 1 unspecified atom stereocenters. The first-order chi connectivity index (χ1) is 14.3. The zero-order valence-corrected chi connectivity index (χ0v) is 16.4. The molecule has 1 amide bonds. The molecule has 0 spiro atoms. The number of hydrogen-bond donors (Lipinski definition) is 2. The summed E-state index contributed by atoms with van der Waals surface area (Å²) in [4.78, 5) is 18.3. The van der Waals surface area contributed by atoms with Crippen LogP contribution in [-0.4, -0.2) is 41.5 Å². The first-order valence-corrected chi connectivity index (χ1v) is 10.3. The van der Waals surface area contributed by atoms with Crippen LogP contribution < -0.4 is 10.1 Å². The van der Waals surface area contributed by atoms with Crippen molar-refractivity contribution in [2.75, 3.05) is 25.0 Å². The van der Waals surface area contributed by atoms with Crippen molar-refractivity contribution in [2.45, 2.75) is 25.3 Å². The van der Waals surface area contributed by atoms with Gasteiger partial charge in [0.25, 0.3) is 5.91 Å². The van der Waals surface area contributed by atoms with Crippen LogP contribution in [0.1, 0.15) is 24.8 Å². The molecule has 2 N–H and O–H groups in total. The number of benzene rings is 2. The second-order valence-corrected chi connectivity index (χ2v) is 7.84. The van der Waals surface area contributed by atoms with E-state index < -0.39 is 0 Å². The van der Waals surface area contributed by atoms with E-state index in [0.29, 0.717) is 11.8 Å². The third kappa shape index (κ3) is 3.78. The summed E-state index contributed by atoms with van der Waals surface area (Å²) in [6.07, 6.45) is 8.17. The van der Waals surface area contributed by atoms with Gasteiger partial charge in [-0.3, -0.25) is 9.69 Å².